The van der Waals surface area contributed by atoms with Crippen molar-refractivity contribution in [1.82, 2.24) is 14.6 Å². The number of amides is 1. The molecule has 2 aliphatic heterocycles. The van der Waals surface area contributed by atoms with Crippen molar-refractivity contribution < 1.29 is 36.1 Å². The van der Waals surface area contributed by atoms with Crippen molar-refractivity contribution in [2.24, 2.45) is 5.16 Å². The van der Waals surface area contributed by atoms with E-state index in [-0.39, 0.29) is 17.9 Å². The first-order valence-electron chi connectivity index (χ1n) is 11.3. The molecule has 2 aromatic heterocycles. The van der Waals surface area contributed by atoms with E-state index in [1.54, 1.807) is 5.38 Å². The second-order valence-corrected chi connectivity index (χ2v) is 9.56. The highest BCUT2D eigenvalue weighted by molar-refractivity contribution is 7.10. The molecule has 0 bridgehead atoms. The van der Waals surface area contributed by atoms with Gasteiger partial charge in [-0.05, 0) is 25.0 Å². The van der Waals surface area contributed by atoms with E-state index in [4.69, 9.17) is 4.84 Å². The molecule has 0 spiro atoms. The van der Waals surface area contributed by atoms with Crippen LogP contribution in [0.25, 0.3) is 0 Å². The van der Waals surface area contributed by atoms with Gasteiger partial charge in [-0.3, -0.25) is 9.59 Å². The molecule has 3 aromatic rings. The first-order chi connectivity index (χ1) is 17.6. The number of benzene rings is 1. The van der Waals surface area contributed by atoms with E-state index in [9.17, 15) is 31.5 Å². The average Bonchev–Trinajstić information content (AvgIpc) is 3.59. The Bertz CT molecular complexity index is 1380. The van der Waals surface area contributed by atoms with Gasteiger partial charge in [0.15, 0.2) is 6.10 Å². The molecule has 2 aliphatic rings. The van der Waals surface area contributed by atoms with Crippen LogP contribution in [0.2, 0.25) is 0 Å². The Balaban J connectivity index is 1.17. The SMILES string of the molecule is O=C(Cn1oc(C(F)(F)F)cc1=O)N1CCC(c2nc(C3=NO[C@H](c4c(F)cccc4F)C3)cs2)CC1. The summed E-state index contributed by atoms with van der Waals surface area (Å²) in [5.74, 6) is -3.36. The first-order valence-corrected chi connectivity index (χ1v) is 12.2. The number of carbonyl (C=O) groups is 1. The number of halogens is 5. The number of rotatable bonds is 5. The van der Waals surface area contributed by atoms with Crippen LogP contribution >= 0.6 is 11.3 Å². The van der Waals surface area contributed by atoms with Crippen molar-refractivity contribution in [2.75, 3.05) is 13.1 Å². The Morgan fingerprint density at radius 2 is 1.86 bits per heavy atom. The minimum Gasteiger partial charge on any atom is -0.387 e. The molecule has 0 N–H and O–H groups in total. The lowest BCUT2D eigenvalue weighted by atomic mass is 9.97. The predicted octanol–water partition coefficient (Wildman–Crippen LogP) is 4.47. The van der Waals surface area contributed by atoms with Gasteiger partial charge in [0, 0.05) is 30.8 Å². The molecular weight excluding hydrogens is 523 g/mol. The van der Waals surface area contributed by atoms with Gasteiger partial charge in [-0.25, -0.2) is 13.8 Å². The number of thiazole rings is 1. The lowest BCUT2D eigenvalue weighted by Crippen LogP contribution is -2.40. The Morgan fingerprint density at radius 3 is 2.51 bits per heavy atom. The number of nitrogens with zero attached hydrogens (tertiary/aromatic N) is 4. The van der Waals surface area contributed by atoms with Crippen molar-refractivity contribution in [1.29, 1.82) is 0 Å². The molecule has 5 rings (SSSR count). The van der Waals surface area contributed by atoms with Gasteiger partial charge < -0.3 is 14.3 Å². The van der Waals surface area contributed by atoms with Crippen LogP contribution in [0.1, 0.15) is 53.3 Å². The number of aromatic nitrogens is 2. The number of hydrogen-bond acceptors (Lipinski definition) is 7. The molecule has 0 unspecified atom stereocenters. The summed E-state index contributed by atoms with van der Waals surface area (Å²) in [5, 5.41) is 6.57. The van der Waals surface area contributed by atoms with Crippen molar-refractivity contribution >= 4 is 23.0 Å². The average molecular weight is 542 g/mol. The fourth-order valence-electron chi connectivity index (χ4n) is 4.33. The monoisotopic (exact) mass is 542 g/mol. The summed E-state index contributed by atoms with van der Waals surface area (Å²) in [7, 11) is 0. The second kappa shape index (κ2) is 9.72. The standard InChI is InChI=1S/C23H19F5N4O4S/c24-13-2-1-3-14(25)21(13)17-8-15(30-35-17)16-11-37-22(29-16)12-4-6-31(7-5-12)20(34)10-32-19(33)9-18(36-32)23(26,27)28/h1-3,9,11-12,17H,4-8,10H2/t17-/m0/s1. The first kappa shape index (κ1) is 25.1. The van der Waals surface area contributed by atoms with Crippen molar-refractivity contribution in [3.05, 3.63) is 73.7 Å². The number of oxime groups is 1. The Morgan fingerprint density at radius 1 is 1.16 bits per heavy atom. The number of alkyl halides is 3. The smallest absolute Gasteiger partial charge is 0.387 e. The van der Waals surface area contributed by atoms with Gasteiger partial charge in [0.1, 0.15) is 23.9 Å². The highest BCUT2D eigenvalue weighted by Gasteiger charge is 2.37. The highest BCUT2D eigenvalue weighted by atomic mass is 32.1. The Labute approximate surface area is 209 Å². The summed E-state index contributed by atoms with van der Waals surface area (Å²) in [6.45, 7) is 0.0436. The summed E-state index contributed by atoms with van der Waals surface area (Å²) in [6, 6.07) is 3.90. The molecule has 1 aromatic carbocycles. The molecule has 0 aliphatic carbocycles. The number of hydrogen-bond donors (Lipinski definition) is 0. The lowest BCUT2D eigenvalue weighted by molar-refractivity contribution is -0.159. The molecule has 14 heteroatoms. The van der Waals surface area contributed by atoms with Crippen LogP contribution in [0.3, 0.4) is 0 Å². The maximum Gasteiger partial charge on any atom is 0.452 e. The lowest BCUT2D eigenvalue weighted by Gasteiger charge is -2.31. The van der Waals surface area contributed by atoms with Crippen LogP contribution in [-0.4, -0.2) is 39.3 Å². The van der Waals surface area contributed by atoms with Gasteiger partial charge in [-0.2, -0.15) is 17.9 Å². The maximum atomic E-state index is 14.1. The molecule has 37 heavy (non-hydrogen) atoms. The fourth-order valence-corrected chi connectivity index (χ4v) is 5.33. The summed E-state index contributed by atoms with van der Waals surface area (Å²) in [5.41, 5.74) is -0.190. The van der Waals surface area contributed by atoms with Gasteiger partial charge in [0.25, 0.3) is 5.56 Å². The third-order valence-corrected chi connectivity index (χ3v) is 7.28. The molecule has 196 valence electrons. The quantitative estimate of drug-likeness (QED) is 0.444. The number of likely N-dealkylation sites (tertiary alicyclic amines) is 1. The zero-order valence-corrected chi connectivity index (χ0v) is 19.8. The second-order valence-electron chi connectivity index (χ2n) is 8.67. The molecule has 1 saturated heterocycles. The van der Waals surface area contributed by atoms with Crippen LogP contribution in [0.15, 0.2) is 44.1 Å². The van der Waals surface area contributed by atoms with E-state index < -0.39 is 47.7 Å². The van der Waals surface area contributed by atoms with Crippen LogP contribution < -0.4 is 5.56 Å². The van der Waals surface area contributed by atoms with Gasteiger partial charge in [-0.1, -0.05) is 11.2 Å². The van der Waals surface area contributed by atoms with E-state index in [0.717, 1.165) is 17.1 Å². The van der Waals surface area contributed by atoms with E-state index in [0.29, 0.717) is 48.1 Å². The van der Waals surface area contributed by atoms with Crippen LogP contribution in [0, 0.1) is 11.6 Å². The fraction of sp³-hybridized carbons (Fsp3) is 0.391. The minimum atomic E-state index is -4.82. The van der Waals surface area contributed by atoms with Crippen LogP contribution in [0.4, 0.5) is 22.0 Å². The maximum absolute atomic E-state index is 14.1. The zero-order valence-electron chi connectivity index (χ0n) is 19.0. The van der Waals surface area contributed by atoms with Gasteiger partial charge in [-0.15, -0.1) is 11.3 Å². The molecular formula is C23H19F5N4O4S. The topological polar surface area (TPSA) is 89.9 Å². The van der Waals surface area contributed by atoms with Crippen molar-refractivity contribution in [2.45, 2.75) is 44.0 Å². The molecule has 4 heterocycles. The Kier molecular flexibility index (Phi) is 6.60. The summed E-state index contributed by atoms with van der Waals surface area (Å²) in [4.78, 5) is 35.6. The largest absolute Gasteiger partial charge is 0.452 e. The predicted molar refractivity (Wildman–Crippen MR) is 120 cm³/mol. The Hall–Kier alpha value is -3.55. The highest BCUT2D eigenvalue weighted by Crippen LogP contribution is 2.35. The van der Waals surface area contributed by atoms with Crippen molar-refractivity contribution in [3.63, 3.8) is 0 Å². The summed E-state index contributed by atoms with van der Waals surface area (Å²) in [6.07, 6.45) is -4.42. The summed E-state index contributed by atoms with van der Waals surface area (Å²) < 4.78 is 71.2. The molecule has 1 atom stereocenters. The molecule has 0 radical (unpaired) electrons. The summed E-state index contributed by atoms with van der Waals surface area (Å²) >= 11 is 1.40. The molecule has 1 fully saturated rings. The van der Waals surface area contributed by atoms with Gasteiger partial charge in [0.2, 0.25) is 11.7 Å². The van der Waals surface area contributed by atoms with E-state index in [2.05, 4.69) is 14.7 Å². The molecule has 1 amide bonds. The van der Waals surface area contributed by atoms with E-state index >= 15 is 0 Å². The molecule has 0 saturated carbocycles. The normalized spacial score (nSPS) is 18.7. The van der Waals surface area contributed by atoms with Gasteiger partial charge in [0.05, 0.1) is 22.3 Å². The third kappa shape index (κ3) is 5.15. The van der Waals surface area contributed by atoms with Crippen LogP contribution in [0.5, 0.6) is 0 Å². The number of carbonyl (C=O) groups excluding carboxylic acids is 1. The van der Waals surface area contributed by atoms with Gasteiger partial charge >= 0.3 is 6.18 Å². The van der Waals surface area contributed by atoms with E-state index in [1.807, 2.05) is 0 Å². The minimum absolute atomic E-state index is 0.0358. The number of piperidine rings is 1. The molecule has 8 nitrogen and oxygen atoms in total. The third-order valence-electron chi connectivity index (χ3n) is 6.27. The van der Waals surface area contributed by atoms with E-state index in [1.165, 1.54) is 22.3 Å². The van der Waals surface area contributed by atoms with Crippen molar-refractivity contribution in [3.8, 4) is 0 Å². The zero-order chi connectivity index (χ0) is 26.3. The van der Waals surface area contributed by atoms with Crippen LogP contribution in [-0.2, 0) is 22.4 Å².